The molecule has 0 fully saturated rings. The minimum Gasteiger partial charge on any atom is -0.396 e. The fourth-order valence-corrected chi connectivity index (χ4v) is 4.57. The Hall–Kier alpha value is -0.0800. The first-order chi connectivity index (χ1) is 8.60. The molecule has 1 heterocycles. The molecular formula is C11H19NO3S3. The van der Waals surface area contributed by atoms with Crippen LogP contribution in [0.25, 0.3) is 0 Å². The Morgan fingerprint density at radius 2 is 2.17 bits per heavy atom. The zero-order valence-electron chi connectivity index (χ0n) is 10.4. The topological polar surface area (TPSA) is 66.4 Å². The van der Waals surface area contributed by atoms with Crippen LogP contribution in [-0.2, 0) is 16.4 Å². The summed E-state index contributed by atoms with van der Waals surface area (Å²) < 4.78 is 26.8. The maximum absolute atomic E-state index is 11.9. The van der Waals surface area contributed by atoms with Gasteiger partial charge in [-0.1, -0.05) is 6.92 Å². The number of sulfonamides is 1. The van der Waals surface area contributed by atoms with E-state index in [4.69, 9.17) is 5.11 Å². The number of hydrogen-bond donors (Lipinski definition) is 2. The van der Waals surface area contributed by atoms with E-state index < -0.39 is 10.0 Å². The summed E-state index contributed by atoms with van der Waals surface area (Å²) in [7, 11) is -3.34. The molecule has 4 nitrogen and oxygen atoms in total. The first-order valence-corrected chi connectivity index (χ1v) is 9.32. The minimum absolute atomic E-state index is 0.188. The summed E-state index contributed by atoms with van der Waals surface area (Å²) in [6, 6.07) is 3.51. The van der Waals surface area contributed by atoms with Gasteiger partial charge in [0, 0.05) is 23.8 Å². The van der Waals surface area contributed by atoms with Gasteiger partial charge in [0.05, 0.1) is 0 Å². The molecule has 7 heteroatoms. The molecule has 0 spiro atoms. The van der Waals surface area contributed by atoms with Gasteiger partial charge in [-0.25, -0.2) is 13.1 Å². The Morgan fingerprint density at radius 1 is 1.39 bits per heavy atom. The SMILES string of the molecule is CCc1ccc(S(=O)(=O)NCCSCCCO)s1. The summed E-state index contributed by atoms with van der Waals surface area (Å²) in [5, 5.41) is 8.60. The molecule has 0 aliphatic carbocycles. The van der Waals surface area contributed by atoms with E-state index >= 15 is 0 Å². The van der Waals surface area contributed by atoms with Crippen molar-refractivity contribution in [3.05, 3.63) is 17.0 Å². The highest BCUT2D eigenvalue weighted by molar-refractivity contribution is 7.99. The molecule has 0 saturated carbocycles. The molecule has 1 rings (SSSR count). The average Bonchev–Trinajstić information content (AvgIpc) is 2.83. The third-order valence-corrected chi connectivity index (χ3v) is 6.49. The van der Waals surface area contributed by atoms with Gasteiger partial charge in [-0.15, -0.1) is 11.3 Å². The van der Waals surface area contributed by atoms with Crippen LogP contribution in [0, 0.1) is 0 Å². The van der Waals surface area contributed by atoms with Crippen molar-refractivity contribution in [2.24, 2.45) is 0 Å². The van der Waals surface area contributed by atoms with E-state index in [2.05, 4.69) is 4.72 Å². The van der Waals surface area contributed by atoms with Gasteiger partial charge in [-0.3, -0.25) is 0 Å². The van der Waals surface area contributed by atoms with E-state index in [9.17, 15) is 8.42 Å². The Morgan fingerprint density at radius 3 is 2.78 bits per heavy atom. The average molecular weight is 309 g/mol. The van der Waals surface area contributed by atoms with E-state index in [1.807, 2.05) is 13.0 Å². The van der Waals surface area contributed by atoms with Crippen LogP contribution in [0.4, 0.5) is 0 Å². The molecule has 0 atom stereocenters. The Bertz CT molecular complexity index is 442. The second-order valence-corrected chi connectivity index (χ2v) is 8.05. The van der Waals surface area contributed by atoms with Gasteiger partial charge < -0.3 is 5.11 Å². The first kappa shape index (κ1) is 16.0. The largest absolute Gasteiger partial charge is 0.396 e. The quantitative estimate of drug-likeness (QED) is 0.682. The molecule has 0 saturated heterocycles. The van der Waals surface area contributed by atoms with E-state index in [1.54, 1.807) is 17.8 Å². The summed E-state index contributed by atoms with van der Waals surface area (Å²) in [5.74, 6) is 1.59. The molecule has 1 aromatic heterocycles. The molecule has 0 aliphatic heterocycles. The highest BCUT2D eigenvalue weighted by Gasteiger charge is 2.15. The molecule has 0 amide bonds. The molecule has 0 aliphatic rings. The predicted octanol–water partition coefficient (Wildman–Crippen LogP) is 1.70. The molecule has 0 bridgehead atoms. The zero-order chi connectivity index (χ0) is 13.4. The Balaban J connectivity index is 2.36. The zero-order valence-corrected chi connectivity index (χ0v) is 12.8. The Labute approximate surface area is 117 Å². The van der Waals surface area contributed by atoms with Crippen molar-refractivity contribution >= 4 is 33.1 Å². The Kier molecular flexibility index (Phi) is 7.25. The lowest BCUT2D eigenvalue weighted by atomic mass is 10.4. The van der Waals surface area contributed by atoms with Crippen LogP contribution in [0.5, 0.6) is 0 Å². The fraction of sp³-hybridized carbons (Fsp3) is 0.636. The summed E-state index contributed by atoms with van der Waals surface area (Å²) in [4.78, 5) is 1.08. The van der Waals surface area contributed by atoms with E-state index in [-0.39, 0.29) is 6.61 Å². The normalized spacial score (nSPS) is 11.9. The number of aliphatic hydroxyl groups is 1. The molecular weight excluding hydrogens is 290 g/mol. The second-order valence-electron chi connectivity index (χ2n) is 3.66. The molecule has 2 N–H and O–H groups in total. The maximum atomic E-state index is 11.9. The van der Waals surface area contributed by atoms with Gasteiger partial charge >= 0.3 is 0 Å². The van der Waals surface area contributed by atoms with Gasteiger partial charge in [0.2, 0.25) is 10.0 Å². The van der Waals surface area contributed by atoms with Crippen LogP contribution in [0.2, 0.25) is 0 Å². The molecule has 0 radical (unpaired) electrons. The minimum atomic E-state index is -3.34. The first-order valence-electron chi connectivity index (χ1n) is 5.87. The van der Waals surface area contributed by atoms with Gasteiger partial charge in [0.1, 0.15) is 4.21 Å². The summed E-state index contributed by atoms with van der Waals surface area (Å²) in [6.07, 6.45) is 1.61. The smallest absolute Gasteiger partial charge is 0.250 e. The van der Waals surface area contributed by atoms with Crippen molar-refractivity contribution < 1.29 is 13.5 Å². The monoisotopic (exact) mass is 309 g/mol. The van der Waals surface area contributed by atoms with E-state index in [0.29, 0.717) is 10.8 Å². The van der Waals surface area contributed by atoms with Crippen molar-refractivity contribution in [2.75, 3.05) is 24.7 Å². The lowest BCUT2D eigenvalue weighted by Crippen LogP contribution is -2.25. The van der Waals surface area contributed by atoms with Crippen molar-refractivity contribution in [1.29, 1.82) is 0 Å². The van der Waals surface area contributed by atoms with Gasteiger partial charge in [0.15, 0.2) is 0 Å². The van der Waals surface area contributed by atoms with Gasteiger partial charge in [0.25, 0.3) is 0 Å². The lowest BCUT2D eigenvalue weighted by molar-refractivity contribution is 0.296. The van der Waals surface area contributed by atoms with Crippen LogP contribution < -0.4 is 4.72 Å². The standard InChI is InChI=1S/C11H19NO3S3/c1-2-10-4-5-11(17-10)18(14,15)12-6-9-16-8-3-7-13/h4-5,12-13H,2-3,6-9H2,1H3. The predicted molar refractivity (Wildman–Crippen MR) is 77.9 cm³/mol. The molecule has 0 aromatic carbocycles. The van der Waals surface area contributed by atoms with Crippen molar-refractivity contribution in [2.45, 2.75) is 24.0 Å². The van der Waals surface area contributed by atoms with E-state index in [1.165, 1.54) is 11.3 Å². The van der Waals surface area contributed by atoms with Crippen LogP contribution in [0.3, 0.4) is 0 Å². The summed E-state index contributed by atoms with van der Waals surface area (Å²) in [6.45, 7) is 2.62. The van der Waals surface area contributed by atoms with Crippen molar-refractivity contribution in [1.82, 2.24) is 4.72 Å². The molecule has 1 aromatic rings. The number of thioether (sulfide) groups is 1. The fourth-order valence-electron chi connectivity index (χ4n) is 1.28. The third kappa shape index (κ3) is 5.27. The van der Waals surface area contributed by atoms with Crippen molar-refractivity contribution in [3.8, 4) is 0 Å². The molecule has 18 heavy (non-hydrogen) atoms. The van der Waals surface area contributed by atoms with E-state index in [0.717, 1.165) is 29.2 Å². The van der Waals surface area contributed by atoms with Crippen LogP contribution in [0.15, 0.2) is 16.3 Å². The van der Waals surface area contributed by atoms with Crippen molar-refractivity contribution in [3.63, 3.8) is 0 Å². The van der Waals surface area contributed by atoms with Crippen LogP contribution >= 0.6 is 23.1 Å². The van der Waals surface area contributed by atoms with Gasteiger partial charge in [-0.05, 0) is 30.7 Å². The van der Waals surface area contributed by atoms with Crippen LogP contribution in [0.1, 0.15) is 18.2 Å². The molecule has 104 valence electrons. The number of rotatable bonds is 9. The summed E-state index contributed by atoms with van der Waals surface area (Å²) >= 11 is 2.96. The van der Waals surface area contributed by atoms with Gasteiger partial charge in [-0.2, -0.15) is 11.8 Å². The summed E-state index contributed by atoms with van der Waals surface area (Å²) in [5.41, 5.74) is 0. The number of thiophene rings is 1. The third-order valence-electron chi connectivity index (χ3n) is 2.24. The number of nitrogens with one attached hydrogen (secondary N) is 1. The van der Waals surface area contributed by atoms with Crippen LogP contribution in [-0.4, -0.2) is 38.2 Å². The molecule has 0 unspecified atom stereocenters. The lowest BCUT2D eigenvalue weighted by Gasteiger charge is -2.04. The number of aliphatic hydroxyl groups excluding tert-OH is 1. The second kappa shape index (κ2) is 8.16. The number of hydrogen-bond acceptors (Lipinski definition) is 5. The maximum Gasteiger partial charge on any atom is 0.250 e. The number of aryl methyl sites for hydroxylation is 1. The highest BCUT2D eigenvalue weighted by atomic mass is 32.2. The highest BCUT2D eigenvalue weighted by Crippen LogP contribution is 2.21.